The lowest BCUT2D eigenvalue weighted by Gasteiger charge is -2.22. The number of nitrogens with one attached hydrogen (secondary N) is 1. The third kappa shape index (κ3) is 4.39. The lowest BCUT2D eigenvalue weighted by atomic mass is 9.92. The van der Waals surface area contributed by atoms with Gasteiger partial charge in [0.25, 0.3) is 5.91 Å². The number of rotatable bonds is 6. The quantitative estimate of drug-likeness (QED) is 0.436. The predicted molar refractivity (Wildman–Crippen MR) is 119 cm³/mol. The molecule has 0 fully saturated rings. The highest BCUT2D eigenvalue weighted by atomic mass is 35.5. The Morgan fingerprint density at radius 2 is 1.60 bits per heavy atom. The molecule has 0 saturated carbocycles. The second kappa shape index (κ2) is 8.89. The maximum absolute atomic E-state index is 12.7. The van der Waals surface area contributed by atoms with Gasteiger partial charge in [-0.25, -0.2) is 0 Å². The highest BCUT2D eigenvalue weighted by Gasteiger charge is 2.22. The Bertz CT molecular complexity index is 1160. The van der Waals surface area contributed by atoms with E-state index in [0.29, 0.717) is 16.3 Å². The number of hydrogen-bond acceptors (Lipinski definition) is 3. The Balaban J connectivity index is 1.64. The summed E-state index contributed by atoms with van der Waals surface area (Å²) < 4.78 is 5.58. The number of carbonyl (C=O) groups is 1. The van der Waals surface area contributed by atoms with Crippen molar-refractivity contribution in [2.45, 2.75) is 6.04 Å². The normalized spacial score (nSPS) is 11.8. The molecule has 0 aromatic heterocycles. The third-order valence-corrected chi connectivity index (χ3v) is 5.11. The fourth-order valence-corrected chi connectivity index (χ4v) is 3.56. The van der Waals surface area contributed by atoms with Gasteiger partial charge in [0.2, 0.25) is 0 Å². The highest BCUT2D eigenvalue weighted by Crippen LogP contribution is 2.35. The summed E-state index contributed by atoms with van der Waals surface area (Å²) in [7, 11) is 0. The third-order valence-electron chi connectivity index (χ3n) is 4.86. The SMILES string of the molecule is O=C(COc1ccc(Cl)cc1)N[C@@H](c1ccccc1)c1c(O)ccc2ccccc12. The first kappa shape index (κ1) is 19.8. The van der Waals surface area contributed by atoms with Crippen molar-refractivity contribution in [1.82, 2.24) is 5.32 Å². The molecule has 0 aliphatic rings. The molecule has 0 spiro atoms. The number of phenols is 1. The van der Waals surface area contributed by atoms with Crippen molar-refractivity contribution in [2.75, 3.05) is 6.61 Å². The summed E-state index contributed by atoms with van der Waals surface area (Å²) >= 11 is 5.88. The molecule has 5 heteroatoms. The fraction of sp³-hybridized carbons (Fsp3) is 0.0800. The van der Waals surface area contributed by atoms with Crippen LogP contribution >= 0.6 is 11.6 Å². The van der Waals surface area contributed by atoms with E-state index in [1.54, 1.807) is 30.3 Å². The van der Waals surface area contributed by atoms with Gasteiger partial charge < -0.3 is 15.2 Å². The van der Waals surface area contributed by atoms with Gasteiger partial charge in [0.15, 0.2) is 6.61 Å². The van der Waals surface area contributed by atoms with Crippen LogP contribution in [0.2, 0.25) is 5.02 Å². The van der Waals surface area contributed by atoms with Crippen LogP contribution in [0.15, 0.2) is 91.0 Å². The van der Waals surface area contributed by atoms with E-state index in [0.717, 1.165) is 16.3 Å². The first-order chi connectivity index (χ1) is 14.6. The van der Waals surface area contributed by atoms with Gasteiger partial charge in [-0.3, -0.25) is 4.79 Å². The molecule has 30 heavy (non-hydrogen) atoms. The van der Waals surface area contributed by atoms with Crippen LogP contribution in [0, 0.1) is 0 Å². The van der Waals surface area contributed by atoms with Gasteiger partial charge in [0.1, 0.15) is 11.5 Å². The first-order valence-electron chi connectivity index (χ1n) is 9.55. The molecular weight excluding hydrogens is 398 g/mol. The lowest BCUT2D eigenvalue weighted by molar-refractivity contribution is -0.123. The van der Waals surface area contributed by atoms with Crippen molar-refractivity contribution in [3.63, 3.8) is 0 Å². The number of benzene rings is 4. The van der Waals surface area contributed by atoms with Crippen LogP contribution < -0.4 is 10.1 Å². The molecule has 0 saturated heterocycles. The Hall–Kier alpha value is -3.50. The largest absolute Gasteiger partial charge is 0.508 e. The molecule has 150 valence electrons. The van der Waals surface area contributed by atoms with E-state index in [4.69, 9.17) is 16.3 Å². The summed E-state index contributed by atoms with van der Waals surface area (Å²) in [6.45, 7) is -0.156. The standard InChI is InChI=1S/C25H20ClNO3/c26-19-11-13-20(14-12-19)30-16-23(29)27-25(18-7-2-1-3-8-18)24-21-9-5-4-6-17(21)10-15-22(24)28/h1-15,25,28H,16H2,(H,27,29)/t25-/m0/s1. The molecule has 4 aromatic rings. The second-order valence-corrected chi connectivity index (χ2v) is 7.31. The molecule has 2 N–H and O–H groups in total. The summed E-state index contributed by atoms with van der Waals surface area (Å²) in [5.74, 6) is 0.381. The average molecular weight is 418 g/mol. The highest BCUT2D eigenvalue weighted by molar-refractivity contribution is 6.30. The van der Waals surface area contributed by atoms with Gasteiger partial charge >= 0.3 is 0 Å². The number of phenolic OH excluding ortho intramolecular Hbond substituents is 1. The van der Waals surface area contributed by atoms with Crippen LogP contribution in [0.4, 0.5) is 0 Å². The number of carbonyl (C=O) groups excluding carboxylic acids is 1. The maximum atomic E-state index is 12.7. The molecule has 4 nitrogen and oxygen atoms in total. The Kier molecular flexibility index (Phi) is 5.87. The van der Waals surface area contributed by atoms with Gasteiger partial charge in [0.05, 0.1) is 6.04 Å². The Labute approximate surface area is 179 Å². The molecule has 0 radical (unpaired) electrons. The van der Waals surface area contributed by atoms with Crippen LogP contribution in [-0.4, -0.2) is 17.6 Å². The van der Waals surface area contributed by atoms with Crippen molar-refractivity contribution in [1.29, 1.82) is 0 Å². The molecule has 0 heterocycles. The van der Waals surface area contributed by atoms with E-state index in [2.05, 4.69) is 5.32 Å². The summed E-state index contributed by atoms with van der Waals surface area (Å²) in [5, 5.41) is 16.2. The van der Waals surface area contributed by atoms with E-state index in [-0.39, 0.29) is 18.3 Å². The number of fused-ring (bicyclic) bond motifs is 1. The van der Waals surface area contributed by atoms with E-state index >= 15 is 0 Å². The zero-order chi connectivity index (χ0) is 20.9. The van der Waals surface area contributed by atoms with Gasteiger partial charge in [-0.05, 0) is 46.7 Å². The molecule has 0 aliphatic carbocycles. The smallest absolute Gasteiger partial charge is 0.258 e. The molecule has 4 aromatic carbocycles. The Morgan fingerprint density at radius 1 is 0.900 bits per heavy atom. The molecule has 1 atom stereocenters. The molecular formula is C25H20ClNO3. The minimum atomic E-state index is -0.529. The Morgan fingerprint density at radius 3 is 2.37 bits per heavy atom. The van der Waals surface area contributed by atoms with Crippen LogP contribution in [0.5, 0.6) is 11.5 Å². The van der Waals surface area contributed by atoms with Crippen molar-refractivity contribution < 1.29 is 14.6 Å². The summed E-state index contributed by atoms with van der Waals surface area (Å²) in [6, 6.07) is 27.2. The van der Waals surface area contributed by atoms with E-state index in [1.165, 1.54) is 0 Å². The molecule has 0 aliphatic heterocycles. The van der Waals surface area contributed by atoms with Crippen LogP contribution in [-0.2, 0) is 4.79 Å². The van der Waals surface area contributed by atoms with Crippen LogP contribution in [0.1, 0.15) is 17.2 Å². The summed E-state index contributed by atoms with van der Waals surface area (Å²) in [5.41, 5.74) is 1.52. The predicted octanol–water partition coefficient (Wildman–Crippen LogP) is 5.48. The number of ether oxygens (including phenoxy) is 1. The fourth-order valence-electron chi connectivity index (χ4n) is 3.44. The van der Waals surface area contributed by atoms with Crippen molar-refractivity contribution in [3.05, 3.63) is 107 Å². The van der Waals surface area contributed by atoms with E-state index in [1.807, 2.05) is 60.7 Å². The zero-order valence-corrected chi connectivity index (χ0v) is 16.8. The van der Waals surface area contributed by atoms with E-state index in [9.17, 15) is 9.90 Å². The van der Waals surface area contributed by atoms with Gasteiger partial charge in [-0.2, -0.15) is 0 Å². The average Bonchev–Trinajstić information content (AvgIpc) is 2.78. The van der Waals surface area contributed by atoms with Crippen molar-refractivity contribution in [3.8, 4) is 11.5 Å². The van der Waals surface area contributed by atoms with Crippen molar-refractivity contribution in [2.24, 2.45) is 0 Å². The maximum Gasteiger partial charge on any atom is 0.258 e. The van der Waals surface area contributed by atoms with E-state index < -0.39 is 6.04 Å². The van der Waals surface area contributed by atoms with Gasteiger partial charge in [-0.15, -0.1) is 0 Å². The molecule has 0 bridgehead atoms. The van der Waals surface area contributed by atoms with Gasteiger partial charge in [0, 0.05) is 10.6 Å². The number of amides is 1. The number of aromatic hydroxyl groups is 1. The van der Waals surface area contributed by atoms with Crippen molar-refractivity contribution >= 4 is 28.3 Å². The minimum absolute atomic E-state index is 0.126. The number of halogens is 1. The number of hydrogen-bond donors (Lipinski definition) is 2. The minimum Gasteiger partial charge on any atom is -0.508 e. The van der Waals surface area contributed by atoms with Gasteiger partial charge in [-0.1, -0.05) is 72.3 Å². The monoisotopic (exact) mass is 417 g/mol. The molecule has 0 unspecified atom stereocenters. The summed E-state index contributed by atoms with van der Waals surface area (Å²) in [4.78, 5) is 12.7. The van der Waals surface area contributed by atoms with Crippen LogP contribution in [0.25, 0.3) is 10.8 Å². The molecule has 1 amide bonds. The summed E-state index contributed by atoms with van der Waals surface area (Å²) in [6.07, 6.45) is 0. The zero-order valence-electron chi connectivity index (χ0n) is 16.1. The first-order valence-corrected chi connectivity index (χ1v) is 9.93. The topological polar surface area (TPSA) is 58.6 Å². The molecule has 4 rings (SSSR count). The van der Waals surface area contributed by atoms with Crippen LogP contribution in [0.3, 0.4) is 0 Å². The second-order valence-electron chi connectivity index (χ2n) is 6.87. The lowest BCUT2D eigenvalue weighted by Crippen LogP contribution is -2.33.